The number of imidazole rings is 1. The quantitative estimate of drug-likeness (QED) is 0.273. The molecule has 1 aromatic rings. The van der Waals surface area contributed by atoms with Crippen LogP contribution in [0.25, 0.3) is 0 Å². The van der Waals surface area contributed by atoms with Crippen molar-refractivity contribution in [3.8, 4) is 0 Å². The maximum atomic E-state index is 11.4. The number of ketones is 1. The molecule has 0 saturated heterocycles. The molecule has 0 aromatic carbocycles. The van der Waals surface area contributed by atoms with Crippen LogP contribution < -0.4 is 17.2 Å². The van der Waals surface area contributed by atoms with Crippen LogP contribution in [-0.4, -0.2) is 28.3 Å². The van der Waals surface area contributed by atoms with Crippen molar-refractivity contribution in [2.45, 2.75) is 6.42 Å². The molecular weight excluding hydrogens is 184 g/mol. The SMILES string of the molecule is NC(N)=NCCC(=O)c1cnc(N)[nH]1. The number of aromatic nitrogens is 2. The number of rotatable bonds is 4. The zero-order valence-electron chi connectivity index (χ0n) is 7.53. The minimum absolute atomic E-state index is 0.0260. The number of Topliss-reactive ketones (excluding diaryl/α,β-unsaturated/α-hetero) is 1. The van der Waals surface area contributed by atoms with Crippen LogP contribution in [0.5, 0.6) is 0 Å². The number of nitrogen functional groups attached to an aromatic ring is 1. The average molecular weight is 196 g/mol. The summed E-state index contributed by atoms with van der Waals surface area (Å²) in [7, 11) is 0. The van der Waals surface area contributed by atoms with Crippen molar-refractivity contribution in [2.75, 3.05) is 12.3 Å². The second-order valence-corrected chi connectivity index (χ2v) is 2.66. The third-order valence-corrected chi connectivity index (χ3v) is 1.53. The van der Waals surface area contributed by atoms with E-state index in [1.807, 2.05) is 0 Å². The van der Waals surface area contributed by atoms with Crippen LogP contribution in [0.4, 0.5) is 5.95 Å². The molecule has 7 N–H and O–H groups in total. The number of hydrogen-bond donors (Lipinski definition) is 4. The highest BCUT2D eigenvalue weighted by molar-refractivity contribution is 5.94. The number of anilines is 1. The first-order valence-electron chi connectivity index (χ1n) is 3.98. The second kappa shape index (κ2) is 4.26. The highest BCUT2D eigenvalue weighted by Gasteiger charge is 2.07. The Hall–Kier alpha value is -2.05. The van der Waals surface area contributed by atoms with E-state index in [9.17, 15) is 4.79 Å². The van der Waals surface area contributed by atoms with Gasteiger partial charge in [-0.3, -0.25) is 9.79 Å². The topological polar surface area (TPSA) is 136 Å². The molecule has 0 unspecified atom stereocenters. The van der Waals surface area contributed by atoms with E-state index in [2.05, 4.69) is 15.0 Å². The van der Waals surface area contributed by atoms with E-state index in [4.69, 9.17) is 17.2 Å². The predicted octanol–water partition coefficient (Wildman–Crippen LogP) is -1.16. The van der Waals surface area contributed by atoms with Crippen molar-refractivity contribution < 1.29 is 4.79 Å². The number of H-pyrrole nitrogens is 1. The van der Waals surface area contributed by atoms with E-state index in [0.29, 0.717) is 5.69 Å². The number of hydrogen-bond acceptors (Lipinski definition) is 4. The van der Waals surface area contributed by atoms with Crippen LogP contribution in [0.2, 0.25) is 0 Å². The summed E-state index contributed by atoms with van der Waals surface area (Å²) < 4.78 is 0. The Balaban J connectivity index is 2.47. The molecule has 0 radical (unpaired) electrons. The lowest BCUT2D eigenvalue weighted by Gasteiger charge is -1.94. The molecule has 7 heteroatoms. The summed E-state index contributed by atoms with van der Waals surface area (Å²) in [6.07, 6.45) is 1.60. The summed E-state index contributed by atoms with van der Waals surface area (Å²) in [5.41, 5.74) is 15.9. The van der Waals surface area contributed by atoms with Crippen molar-refractivity contribution >= 4 is 17.7 Å². The highest BCUT2D eigenvalue weighted by Crippen LogP contribution is 2.01. The van der Waals surface area contributed by atoms with Gasteiger partial charge in [0.2, 0.25) is 0 Å². The predicted molar refractivity (Wildman–Crippen MR) is 52.6 cm³/mol. The van der Waals surface area contributed by atoms with Gasteiger partial charge in [0.1, 0.15) is 5.69 Å². The average Bonchev–Trinajstić information content (AvgIpc) is 2.51. The van der Waals surface area contributed by atoms with Gasteiger partial charge in [0.25, 0.3) is 0 Å². The van der Waals surface area contributed by atoms with Crippen molar-refractivity contribution in [2.24, 2.45) is 16.5 Å². The third-order valence-electron chi connectivity index (χ3n) is 1.53. The standard InChI is InChI=1S/C7H12N6O/c8-6(9)11-2-1-5(14)4-3-12-7(10)13-4/h3H,1-2H2,(H4,8,9,11)(H3,10,12,13). The van der Waals surface area contributed by atoms with Gasteiger partial charge in [-0.1, -0.05) is 0 Å². The summed E-state index contributed by atoms with van der Waals surface area (Å²) in [5.74, 6) is 0.0660. The molecule has 7 nitrogen and oxygen atoms in total. The van der Waals surface area contributed by atoms with Gasteiger partial charge in [-0.25, -0.2) is 4.98 Å². The van der Waals surface area contributed by atoms with E-state index >= 15 is 0 Å². The van der Waals surface area contributed by atoms with E-state index in [1.165, 1.54) is 6.20 Å². The van der Waals surface area contributed by atoms with Crippen molar-refractivity contribution in [3.05, 3.63) is 11.9 Å². The number of carbonyl (C=O) groups excluding carboxylic acids is 1. The first-order valence-corrected chi connectivity index (χ1v) is 3.98. The number of nitrogens with two attached hydrogens (primary N) is 3. The van der Waals surface area contributed by atoms with E-state index in [0.717, 1.165) is 0 Å². The maximum absolute atomic E-state index is 11.4. The molecule has 0 spiro atoms. The Kier molecular flexibility index (Phi) is 3.05. The van der Waals surface area contributed by atoms with E-state index < -0.39 is 0 Å². The number of nitrogens with zero attached hydrogens (tertiary/aromatic N) is 2. The minimum Gasteiger partial charge on any atom is -0.370 e. The number of aliphatic imine (C=N–C) groups is 1. The lowest BCUT2D eigenvalue weighted by Crippen LogP contribution is -2.23. The fraction of sp³-hybridized carbons (Fsp3) is 0.286. The lowest BCUT2D eigenvalue weighted by molar-refractivity contribution is 0.0981. The summed E-state index contributed by atoms with van der Waals surface area (Å²) >= 11 is 0. The van der Waals surface area contributed by atoms with E-state index in [1.54, 1.807) is 0 Å². The minimum atomic E-state index is -0.126. The summed E-state index contributed by atoms with van der Waals surface area (Å²) in [5, 5.41) is 0. The molecule has 0 saturated carbocycles. The Morgan fingerprint density at radius 3 is 2.79 bits per heavy atom. The number of aromatic amines is 1. The van der Waals surface area contributed by atoms with Gasteiger partial charge >= 0.3 is 0 Å². The number of guanidine groups is 1. The lowest BCUT2D eigenvalue weighted by atomic mass is 10.2. The second-order valence-electron chi connectivity index (χ2n) is 2.66. The third kappa shape index (κ3) is 2.77. The van der Waals surface area contributed by atoms with Crippen LogP contribution >= 0.6 is 0 Å². The van der Waals surface area contributed by atoms with Gasteiger partial charge in [0.05, 0.1) is 12.7 Å². The summed E-state index contributed by atoms with van der Waals surface area (Å²) in [6.45, 7) is 0.264. The fourth-order valence-electron chi connectivity index (χ4n) is 0.900. The molecule has 76 valence electrons. The normalized spacial score (nSPS) is 9.71. The molecule has 0 bridgehead atoms. The van der Waals surface area contributed by atoms with Gasteiger partial charge in [0, 0.05) is 6.42 Å². The monoisotopic (exact) mass is 196 g/mol. The van der Waals surface area contributed by atoms with Crippen molar-refractivity contribution in [1.29, 1.82) is 0 Å². The molecule has 0 amide bonds. The molecule has 0 aliphatic rings. The van der Waals surface area contributed by atoms with Gasteiger partial charge in [0.15, 0.2) is 17.7 Å². The van der Waals surface area contributed by atoms with Crippen molar-refractivity contribution in [1.82, 2.24) is 9.97 Å². The highest BCUT2D eigenvalue weighted by atomic mass is 16.1. The van der Waals surface area contributed by atoms with Crippen LogP contribution in [0.3, 0.4) is 0 Å². The zero-order chi connectivity index (χ0) is 10.6. The largest absolute Gasteiger partial charge is 0.370 e. The van der Waals surface area contributed by atoms with Crippen LogP contribution in [0.15, 0.2) is 11.2 Å². The first kappa shape index (κ1) is 10.0. The van der Waals surface area contributed by atoms with Gasteiger partial charge < -0.3 is 22.2 Å². The summed E-state index contributed by atoms with van der Waals surface area (Å²) in [6, 6.07) is 0. The number of nitrogens with one attached hydrogen (secondary N) is 1. The molecular formula is C7H12N6O. The van der Waals surface area contributed by atoms with E-state index in [-0.39, 0.29) is 30.7 Å². The number of carbonyl (C=O) groups is 1. The first-order chi connectivity index (χ1) is 6.59. The molecule has 0 fully saturated rings. The fourth-order valence-corrected chi connectivity index (χ4v) is 0.900. The molecule has 1 rings (SSSR count). The molecule has 14 heavy (non-hydrogen) atoms. The molecule has 0 aliphatic carbocycles. The Bertz CT molecular complexity index is 351. The Morgan fingerprint density at radius 1 is 1.57 bits per heavy atom. The summed E-state index contributed by atoms with van der Waals surface area (Å²) in [4.78, 5) is 21.4. The molecule has 0 atom stereocenters. The molecule has 1 aromatic heterocycles. The van der Waals surface area contributed by atoms with Crippen LogP contribution in [0, 0.1) is 0 Å². The van der Waals surface area contributed by atoms with Gasteiger partial charge in [-0.2, -0.15) is 0 Å². The Labute approximate surface area is 80.4 Å². The Morgan fingerprint density at radius 2 is 2.29 bits per heavy atom. The smallest absolute Gasteiger partial charge is 0.197 e. The van der Waals surface area contributed by atoms with Crippen molar-refractivity contribution in [3.63, 3.8) is 0 Å². The van der Waals surface area contributed by atoms with Crippen LogP contribution in [-0.2, 0) is 0 Å². The van der Waals surface area contributed by atoms with Gasteiger partial charge in [-0.05, 0) is 0 Å². The molecule has 1 heterocycles. The van der Waals surface area contributed by atoms with Gasteiger partial charge in [-0.15, -0.1) is 0 Å². The maximum Gasteiger partial charge on any atom is 0.197 e. The van der Waals surface area contributed by atoms with Crippen LogP contribution in [0.1, 0.15) is 16.9 Å². The zero-order valence-corrected chi connectivity index (χ0v) is 7.53. The molecule has 0 aliphatic heterocycles.